The number of hydrogen-bond acceptors (Lipinski definition) is 6. The Kier molecular flexibility index (Phi) is 3.88. The number of aliphatic hydroxyl groups is 2. The molecule has 0 unspecified atom stereocenters. The van der Waals surface area contributed by atoms with Crippen LogP contribution in [0.5, 0.6) is 0 Å². The number of fused-ring (bicyclic) bond motifs is 5. The third kappa shape index (κ3) is 2.34. The third-order valence-corrected chi connectivity index (χ3v) is 6.08. The highest BCUT2D eigenvalue weighted by Gasteiger charge is 2.45. The van der Waals surface area contributed by atoms with Crippen LogP contribution in [0.1, 0.15) is 35.6 Å². The minimum absolute atomic E-state index is 0.0138. The van der Waals surface area contributed by atoms with Gasteiger partial charge < -0.3 is 19.5 Å². The molecule has 2 aliphatic rings. The Bertz CT molecular complexity index is 1250. The molecule has 0 amide bonds. The Morgan fingerprint density at radius 3 is 2.79 bits per heavy atom. The topological polar surface area (TPSA) is 102 Å². The summed E-state index contributed by atoms with van der Waals surface area (Å²) in [5.74, 6) is -0.734. The Labute approximate surface area is 166 Å². The van der Waals surface area contributed by atoms with Crippen LogP contribution in [-0.2, 0) is 34.7 Å². The van der Waals surface area contributed by atoms with Crippen LogP contribution in [-0.4, -0.2) is 32.3 Å². The molecule has 7 nitrogen and oxygen atoms in total. The molecule has 0 saturated carbocycles. The van der Waals surface area contributed by atoms with E-state index < -0.39 is 11.6 Å². The highest BCUT2D eigenvalue weighted by Crippen LogP contribution is 2.40. The van der Waals surface area contributed by atoms with E-state index in [0.29, 0.717) is 35.5 Å². The van der Waals surface area contributed by atoms with Gasteiger partial charge in [-0.2, -0.15) is 0 Å². The van der Waals surface area contributed by atoms with Crippen LogP contribution in [0.15, 0.2) is 35.1 Å². The number of carbonyl (C=O) groups excluding carboxylic acids is 1. The first kappa shape index (κ1) is 18.0. The number of aliphatic hydroxyl groups excluding tert-OH is 1. The average Bonchev–Trinajstić information content (AvgIpc) is 3.10. The lowest BCUT2D eigenvalue weighted by Crippen LogP contribution is -2.44. The monoisotopic (exact) mass is 392 g/mol. The van der Waals surface area contributed by atoms with E-state index >= 15 is 0 Å². The van der Waals surface area contributed by atoms with Gasteiger partial charge >= 0.3 is 5.97 Å². The van der Waals surface area contributed by atoms with Crippen molar-refractivity contribution < 1.29 is 19.7 Å². The van der Waals surface area contributed by atoms with E-state index in [9.17, 15) is 19.8 Å². The van der Waals surface area contributed by atoms with Gasteiger partial charge in [0.05, 0.1) is 29.0 Å². The first-order chi connectivity index (χ1) is 14.0. The van der Waals surface area contributed by atoms with Gasteiger partial charge in [-0.05, 0) is 30.5 Å². The minimum Gasteiger partial charge on any atom is -0.458 e. The fraction of sp³-hybridized carbons (Fsp3) is 0.318. The van der Waals surface area contributed by atoms with Crippen molar-refractivity contribution in [2.24, 2.45) is 0 Å². The van der Waals surface area contributed by atoms with Gasteiger partial charge in [-0.1, -0.05) is 25.1 Å². The molecule has 0 saturated heterocycles. The lowest BCUT2D eigenvalue weighted by molar-refractivity contribution is -0.172. The molecule has 3 aromatic rings. The fourth-order valence-electron chi connectivity index (χ4n) is 4.51. The molecule has 7 heteroatoms. The molecule has 5 rings (SSSR count). The lowest BCUT2D eigenvalue weighted by atomic mass is 9.86. The number of aromatic nitrogens is 2. The maximum Gasteiger partial charge on any atom is 0.343 e. The van der Waals surface area contributed by atoms with Gasteiger partial charge in [0.1, 0.15) is 6.61 Å². The predicted octanol–water partition coefficient (Wildman–Crippen LogP) is 1.61. The van der Waals surface area contributed by atoms with E-state index in [0.717, 1.165) is 22.0 Å². The molecule has 0 fully saturated rings. The summed E-state index contributed by atoms with van der Waals surface area (Å²) in [6.07, 6.45) is 0.559. The highest BCUT2D eigenvalue weighted by atomic mass is 16.6. The van der Waals surface area contributed by atoms with E-state index in [2.05, 4.69) is 0 Å². The number of hydrogen-bond donors (Lipinski definition) is 2. The van der Waals surface area contributed by atoms with E-state index in [1.165, 1.54) is 0 Å². The van der Waals surface area contributed by atoms with Crippen molar-refractivity contribution in [2.75, 3.05) is 6.61 Å². The van der Waals surface area contributed by atoms with Crippen molar-refractivity contribution in [3.8, 4) is 11.4 Å². The number of pyridine rings is 2. The minimum atomic E-state index is -1.84. The largest absolute Gasteiger partial charge is 0.458 e. The van der Waals surface area contributed by atoms with E-state index in [-0.39, 0.29) is 25.2 Å². The van der Waals surface area contributed by atoms with Crippen LogP contribution < -0.4 is 5.56 Å². The molecule has 0 aliphatic carbocycles. The lowest BCUT2D eigenvalue weighted by Gasteiger charge is -2.31. The summed E-state index contributed by atoms with van der Waals surface area (Å²) in [7, 11) is 0. The molecule has 0 spiro atoms. The number of ether oxygens (including phenoxy) is 1. The number of para-hydroxylation sites is 1. The number of benzene rings is 1. The van der Waals surface area contributed by atoms with Crippen LogP contribution in [0.4, 0.5) is 0 Å². The van der Waals surface area contributed by atoms with Crippen LogP contribution in [0.25, 0.3) is 22.3 Å². The molecule has 29 heavy (non-hydrogen) atoms. The normalized spacial score (nSPS) is 19.6. The van der Waals surface area contributed by atoms with Gasteiger partial charge in [0.2, 0.25) is 0 Å². The third-order valence-electron chi connectivity index (χ3n) is 6.08. The van der Waals surface area contributed by atoms with Crippen molar-refractivity contribution in [3.63, 3.8) is 0 Å². The maximum atomic E-state index is 13.2. The summed E-state index contributed by atoms with van der Waals surface area (Å²) < 4.78 is 6.72. The molecule has 4 heterocycles. The zero-order chi connectivity index (χ0) is 20.3. The van der Waals surface area contributed by atoms with Crippen LogP contribution >= 0.6 is 0 Å². The smallest absolute Gasteiger partial charge is 0.343 e. The molecule has 2 N–H and O–H groups in total. The second-order valence-electron chi connectivity index (χ2n) is 7.51. The molecule has 2 aromatic heterocycles. The Hall–Kier alpha value is -3.03. The standard InChI is InChI=1S/C22H20N2O5/c1-2-22(28)16-9-18-19-14(10-24(18)20(26)15(16)11-29-21(22)27)12(7-8-25)13-5-3-4-6-17(13)23-19/h3-6,9,25,28H,2,7-8,10-11H2,1H3/t22-/m0/s1. The van der Waals surface area contributed by atoms with E-state index in [4.69, 9.17) is 9.72 Å². The first-order valence-corrected chi connectivity index (χ1v) is 9.68. The van der Waals surface area contributed by atoms with E-state index in [1.54, 1.807) is 17.6 Å². The Balaban J connectivity index is 1.83. The van der Waals surface area contributed by atoms with Crippen molar-refractivity contribution in [2.45, 2.75) is 38.5 Å². The number of rotatable bonds is 3. The molecular formula is C22H20N2O5. The van der Waals surface area contributed by atoms with Crippen molar-refractivity contribution in [3.05, 3.63) is 62.9 Å². The van der Waals surface area contributed by atoms with Gasteiger partial charge in [0.15, 0.2) is 5.60 Å². The van der Waals surface area contributed by atoms with Gasteiger partial charge in [-0.25, -0.2) is 9.78 Å². The second-order valence-corrected chi connectivity index (χ2v) is 7.51. The summed E-state index contributed by atoms with van der Waals surface area (Å²) in [5.41, 5.74) is 2.36. The zero-order valence-electron chi connectivity index (χ0n) is 15.9. The highest BCUT2D eigenvalue weighted by molar-refractivity contribution is 5.89. The van der Waals surface area contributed by atoms with Crippen molar-refractivity contribution in [1.82, 2.24) is 9.55 Å². The Morgan fingerprint density at radius 1 is 1.24 bits per heavy atom. The van der Waals surface area contributed by atoms with Crippen molar-refractivity contribution >= 4 is 16.9 Å². The number of cyclic esters (lactones) is 1. The Morgan fingerprint density at radius 2 is 2.03 bits per heavy atom. The number of esters is 1. The van der Waals surface area contributed by atoms with Gasteiger partial charge in [0, 0.05) is 23.1 Å². The SMILES string of the molecule is CC[C@@]1(O)C(=O)OCc2c1cc1n(c2=O)Cc2c-1nc1ccccc1c2CCO. The summed E-state index contributed by atoms with van der Waals surface area (Å²) in [6, 6.07) is 9.39. The summed E-state index contributed by atoms with van der Waals surface area (Å²) >= 11 is 0. The number of carbonyl (C=O) groups is 1. The molecule has 1 atom stereocenters. The molecule has 0 bridgehead atoms. The molecule has 2 aliphatic heterocycles. The van der Waals surface area contributed by atoms with E-state index in [1.807, 2.05) is 24.3 Å². The zero-order valence-corrected chi connectivity index (χ0v) is 15.9. The summed E-state index contributed by atoms with van der Waals surface area (Å²) in [5, 5.41) is 21.5. The molecule has 0 radical (unpaired) electrons. The first-order valence-electron chi connectivity index (χ1n) is 9.68. The van der Waals surface area contributed by atoms with Gasteiger partial charge in [-0.15, -0.1) is 0 Å². The summed E-state index contributed by atoms with van der Waals surface area (Å²) in [6.45, 7) is 1.85. The molecule has 148 valence electrons. The van der Waals surface area contributed by atoms with Crippen LogP contribution in [0.3, 0.4) is 0 Å². The second kappa shape index (κ2) is 6.23. The molecular weight excluding hydrogens is 372 g/mol. The molecule has 1 aromatic carbocycles. The maximum absolute atomic E-state index is 13.2. The fourth-order valence-corrected chi connectivity index (χ4v) is 4.51. The number of nitrogens with zero attached hydrogens (tertiary/aromatic N) is 2. The summed E-state index contributed by atoms with van der Waals surface area (Å²) in [4.78, 5) is 30.3. The van der Waals surface area contributed by atoms with Gasteiger partial charge in [-0.3, -0.25) is 4.79 Å². The van der Waals surface area contributed by atoms with Crippen LogP contribution in [0, 0.1) is 0 Å². The quantitative estimate of drug-likeness (QED) is 0.514. The van der Waals surface area contributed by atoms with Crippen LogP contribution in [0.2, 0.25) is 0 Å². The van der Waals surface area contributed by atoms with Crippen molar-refractivity contribution in [1.29, 1.82) is 0 Å². The van der Waals surface area contributed by atoms with Gasteiger partial charge in [0.25, 0.3) is 5.56 Å². The average molecular weight is 392 g/mol. The predicted molar refractivity (Wildman–Crippen MR) is 105 cm³/mol.